The molecule has 1 unspecified atom stereocenters. The van der Waals surface area contributed by atoms with Crippen molar-refractivity contribution in [2.45, 2.75) is 19.5 Å². The lowest BCUT2D eigenvalue weighted by atomic mass is 10.1. The van der Waals surface area contributed by atoms with Crippen molar-refractivity contribution in [2.75, 3.05) is 6.61 Å². The summed E-state index contributed by atoms with van der Waals surface area (Å²) in [6, 6.07) is 14.4. The molecular formula is C18H18FNO. The first-order valence-corrected chi connectivity index (χ1v) is 6.84. The molecule has 0 fully saturated rings. The van der Waals surface area contributed by atoms with Crippen LogP contribution in [-0.2, 0) is 6.54 Å². The number of ether oxygens (including phenoxy) is 1. The number of terminal acetylenes is 1. The molecule has 0 radical (unpaired) electrons. The third-order valence-corrected chi connectivity index (χ3v) is 3.25. The predicted octanol–water partition coefficient (Wildman–Crippen LogP) is 3.69. The quantitative estimate of drug-likeness (QED) is 0.816. The molecule has 0 aliphatic rings. The smallest absolute Gasteiger partial charge is 0.148 e. The van der Waals surface area contributed by atoms with E-state index in [-0.39, 0.29) is 18.5 Å². The van der Waals surface area contributed by atoms with Crippen molar-refractivity contribution < 1.29 is 9.13 Å². The molecule has 3 heteroatoms. The largest absolute Gasteiger partial charge is 0.481 e. The summed E-state index contributed by atoms with van der Waals surface area (Å²) in [6.45, 7) is 2.75. The van der Waals surface area contributed by atoms with Crippen molar-refractivity contribution in [1.29, 1.82) is 0 Å². The van der Waals surface area contributed by atoms with Gasteiger partial charge in [0.05, 0.1) is 0 Å². The van der Waals surface area contributed by atoms with Gasteiger partial charge in [0.1, 0.15) is 18.2 Å². The van der Waals surface area contributed by atoms with Crippen LogP contribution in [0.25, 0.3) is 0 Å². The van der Waals surface area contributed by atoms with E-state index in [0.717, 1.165) is 11.3 Å². The normalized spacial score (nSPS) is 11.7. The highest BCUT2D eigenvalue weighted by Gasteiger charge is 2.10. The highest BCUT2D eigenvalue weighted by molar-refractivity contribution is 5.33. The summed E-state index contributed by atoms with van der Waals surface area (Å²) in [4.78, 5) is 0. The van der Waals surface area contributed by atoms with E-state index in [4.69, 9.17) is 11.2 Å². The predicted molar refractivity (Wildman–Crippen MR) is 82.4 cm³/mol. The van der Waals surface area contributed by atoms with Crippen LogP contribution in [0, 0.1) is 18.2 Å². The molecule has 0 amide bonds. The third kappa shape index (κ3) is 4.08. The Hall–Kier alpha value is -2.31. The number of halogens is 1. The van der Waals surface area contributed by atoms with Crippen molar-refractivity contribution in [3.8, 4) is 18.1 Å². The lowest BCUT2D eigenvalue weighted by molar-refractivity contribution is 0.363. The van der Waals surface area contributed by atoms with Crippen LogP contribution < -0.4 is 10.1 Å². The maximum absolute atomic E-state index is 13.7. The maximum Gasteiger partial charge on any atom is 0.148 e. The topological polar surface area (TPSA) is 21.3 Å². The van der Waals surface area contributed by atoms with Gasteiger partial charge in [0.2, 0.25) is 0 Å². The zero-order chi connectivity index (χ0) is 15.1. The molecule has 0 aliphatic carbocycles. The molecule has 2 rings (SSSR count). The van der Waals surface area contributed by atoms with Gasteiger partial charge in [-0.2, -0.15) is 0 Å². The minimum atomic E-state index is -0.200. The number of rotatable bonds is 6. The van der Waals surface area contributed by atoms with E-state index in [1.54, 1.807) is 12.1 Å². The molecule has 1 atom stereocenters. The Balaban J connectivity index is 2.03. The fraction of sp³-hybridized carbons (Fsp3) is 0.222. The van der Waals surface area contributed by atoms with Crippen LogP contribution in [0.3, 0.4) is 0 Å². The minimum absolute atomic E-state index is 0.0908. The van der Waals surface area contributed by atoms with E-state index in [0.29, 0.717) is 12.1 Å². The van der Waals surface area contributed by atoms with Gasteiger partial charge < -0.3 is 10.1 Å². The van der Waals surface area contributed by atoms with Crippen molar-refractivity contribution in [2.24, 2.45) is 0 Å². The summed E-state index contributed by atoms with van der Waals surface area (Å²) in [5.74, 6) is 3.00. The number of hydrogen-bond donors (Lipinski definition) is 1. The maximum atomic E-state index is 13.7. The van der Waals surface area contributed by atoms with Crippen molar-refractivity contribution in [3.63, 3.8) is 0 Å². The van der Waals surface area contributed by atoms with Crippen molar-refractivity contribution >= 4 is 0 Å². The van der Waals surface area contributed by atoms with E-state index < -0.39 is 0 Å². The summed E-state index contributed by atoms with van der Waals surface area (Å²) in [5, 5.41) is 3.30. The van der Waals surface area contributed by atoms with E-state index in [2.05, 4.69) is 11.2 Å². The molecular weight excluding hydrogens is 265 g/mol. The average Bonchev–Trinajstić information content (AvgIpc) is 2.52. The molecule has 0 heterocycles. The molecule has 2 aromatic carbocycles. The molecule has 108 valence electrons. The lowest BCUT2D eigenvalue weighted by Crippen LogP contribution is -2.19. The zero-order valence-corrected chi connectivity index (χ0v) is 12.0. The molecule has 21 heavy (non-hydrogen) atoms. The molecule has 0 bridgehead atoms. The van der Waals surface area contributed by atoms with E-state index >= 15 is 0 Å². The average molecular weight is 283 g/mol. The molecule has 2 nitrogen and oxygen atoms in total. The van der Waals surface area contributed by atoms with Crippen molar-refractivity contribution in [1.82, 2.24) is 5.32 Å². The standard InChI is InChI=1S/C18H18FNO/c1-3-12-21-18-11-7-4-8-15(18)13-20-14(2)16-9-5-6-10-17(16)19/h1,4-11,14,20H,12-13H2,2H3. The Morgan fingerprint density at radius 2 is 1.90 bits per heavy atom. The van der Waals surface area contributed by atoms with Crippen LogP contribution >= 0.6 is 0 Å². The Labute approximate surface area is 125 Å². The summed E-state index contributed by atoms with van der Waals surface area (Å²) < 4.78 is 19.2. The third-order valence-electron chi connectivity index (χ3n) is 3.25. The minimum Gasteiger partial charge on any atom is -0.481 e. The van der Waals surface area contributed by atoms with Gasteiger partial charge in [-0.05, 0) is 19.1 Å². The highest BCUT2D eigenvalue weighted by Crippen LogP contribution is 2.20. The fourth-order valence-electron chi connectivity index (χ4n) is 2.11. The Bertz CT molecular complexity index is 633. The molecule has 0 saturated carbocycles. The SMILES string of the molecule is C#CCOc1ccccc1CNC(C)c1ccccc1F. The van der Waals surface area contributed by atoms with Gasteiger partial charge in [0.15, 0.2) is 0 Å². The molecule has 0 spiro atoms. The highest BCUT2D eigenvalue weighted by atomic mass is 19.1. The number of benzene rings is 2. The van der Waals surface area contributed by atoms with Crippen LogP contribution in [0.5, 0.6) is 5.75 Å². The first-order valence-electron chi connectivity index (χ1n) is 6.84. The first kappa shape index (κ1) is 15.1. The van der Waals surface area contributed by atoms with Crippen LogP contribution in [0.2, 0.25) is 0 Å². The molecule has 0 saturated heterocycles. The van der Waals surface area contributed by atoms with E-state index in [1.807, 2.05) is 37.3 Å². The van der Waals surface area contributed by atoms with Gasteiger partial charge in [-0.15, -0.1) is 6.42 Å². The molecule has 1 N–H and O–H groups in total. The Morgan fingerprint density at radius 3 is 2.67 bits per heavy atom. The van der Waals surface area contributed by atoms with Crippen molar-refractivity contribution in [3.05, 3.63) is 65.5 Å². The van der Waals surface area contributed by atoms with Gasteiger partial charge in [0.25, 0.3) is 0 Å². The van der Waals surface area contributed by atoms with Gasteiger partial charge in [-0.1, -0.05) is 42.3 Å². The van der Waals surface area contributed by atoms with Crippen LogP contribution in [0.15, 0.2) is 48.5 Å². The van der Waals surface area contributed by atoms with Gasteiger partial charge in [0, 0.05) is 23.7 Å². The van der Waals surface area contributed by atoms with E-state index in [9.17, 15) is 4.39 Å². The summed E-state index contributed by atoms with van der Waals surface area (Å²) in [5.41, 5.74) is 1.65. The zero-order valence-electron chi connectivity index (χ0n) is 12.0. The Kier molecular flexibility index (Phi) is 5.36. The van der Waals surface area contributed by atoms with E-state index in [1.165, 1.54) is 6.07 Å². The number of hydrogen-bond acceptors (Lipinski definition) is 2. The molecule has 2 aromatic rings. The van der Waals surface area contributed by atoms with Crippen LogP contribution in [0.1, 0.15) is 24.1 Å². The molecule has 0 aliphatic heterocycles. The second kappa shape index (κ2) is 7.47. The summed E-state index contributed by atoms with van der Waals surface area (Å²) in [6.07, 6.45) is 5.21. The van der Waals surface area contributed by atoms with Gasteiger partial charge >= 0.3 is 0 Å². The second-order valence-corrected chi connectivity index (χ2v) is 4.72. The van der Waals surface area contributed by atoms with Gasteiger partial charge in [-0.25, -0.2) is 4.39 Å². The Morgan fingerprint density at radius 1 is 1.19 bits per heavy atom. The lowest BCUT2D eigenvalue weighted by Gasteiger charge is -2.16. The monoisotopic (exact) mass is 283 g/mol. The first-order chi connectivity index (χ1) is 10.2. The number of para-hydroxylation sites is 1. The second-order valence-electron chi connectivity index (χ2n) is 4.72. The molecule has 0 aromatic heterocycles. The van der Waals surface area contributed by atoms with Crippen LogP contribution in [0.4, 0.5) is 4.39 Å². The van der Waals surface area contributed by atoms with Crippen LogP contribution in [-0.4, -0.2) is 6.61 Å². The number of nitrogens with one attached hydrogen (secondary N) is 1. The summed E-state index contributed by atoms with van der Waals surface area (Å²) in [7, 11) is 0. The fourth-order valence-corrected chi connectivity index (χ4v) is 2.11. The summed E-state index contributed by atoms with van der Waals surface area (Å²) >= 11 is 0. The van der Waals surface area contributed by atoms with Gasteiger partial charge in [-0.3, -0.25) is 0 Å².